The van der Waals surface area contributed by atoms with E-state index in [-0.39, 0.29) is 11.6 Å². The van der Waals surface area contributed by atoms with Crippen LogP contribution in [0.25, 0.3) is 0 Å². The van der Waals surface area contributed by atoms with E-state index in [1.165, 1.54) is 17.3 Å². The molecule has 0 saturated carbocycles. The van der Waals surface area contributed by atoms with Gasteiger partial charge in [-0.1, -0.05) is 19.9 Å². The Morgan fingerprint density at radius 3 is 2.48 bits per heavy atom. The average molecular weight is 369 g/mol. The number of amides is 2. The number of anilines is 1. The van der Waals surface area contributed by atoms with Crippen molar-refractivity contribution in [1.82, 2.24) is 19.9 Å². The highest BCUT2D eigenvalue weighted by atomic mass is 16.6. The molecule has 0 aliphatic carbocycles. The Kier molecular flexibility index (Phi) is 5.63. The van der Waals surface area contributed by atoms with Crippen LogP contribution in [0.4, 0.5) is 10.6 Å². The lowest BCUT2D eigenvalue weighted by Crippen LogP contribution is -2.38. The van der Waals surface area contributed by atoms with Crippen molar-refractivity contribution in [2.45, 2.75) is 39.8 Å². The second-order valence-electron chi connectivity index (χ2n) is 6.38. The third-order valence-electron chi connectivity index (χ3n) is 4.22. The Labute approximate surface area is 158 Å². The molecule has 0 aromatic carbocycles. The SMILES string of the molecule is CCCN(CCC)C(=O)OC1c2nccnc2C(=O)N1c1ccc(C)cn1. The zero-order chi connectivity index (χ0) is 19.4. The number of fused-ring (bicyclic) bond motifs is 1. The summed E-state index contributed by atoms with van der Waals surface area (Å²) in [6.45, 7) is 7.08. The standard InChI is InChI=1S/C19H23N5O3/c1-4-10-23(11-5-2)19(26)27-18-16-15(20-8-9-21-16)17(25)24(18)14-7-6-13(3)12-22-14/h6-9,12,18H,4-5,10-11H2,1-3H3. The first-order valence-electron chi connectivity index (χ1n) is 9.09. The first-order chi connectivity index (χ1) is 13.1. The van der Waals surface area contributed by atoms with Gasteiger partial charge < -0.3 is 9.64 Å². The van der Waals surface area contributed by atoms with Crippen LogP contribution >= 0.6 is 0 Å². The molecule has 2 amide bonds. The van der Waals surface area contributed by atoms with Crippen molar-refractivity contribution in [2.75, 3.05) is 18.0 Å². The quantitative estimate of drug-likeness (QED) is 0.777. The van der Waals surface area contributed by atoms with Gasteiger partial charge in [-0.25, -0.2) is 19.7 Å². The van der Waals surface area contributed by atoms with Crippen molar-refractivity contribution in [3.05, 3.63) is 47.7 Å². The van der Waals surface area contributed by atoms with Gasteiger partial charge in [-0.15, -0.1) is 0 Å². The fourth-order valence-corrected chi connectivity index (χ4v) is 2.98. The number of pyridine rings is 1. The highest BCUT2D eigenvalue weighted by molar-refractivity contribution is 6.08. The Morgan fingerprint density at radius 1 is 1.15 bits per heavy atom. The van der Waals surface area contributed by atoms with E-state index in [4.69, 9.17) is 4.74 Å². The van der Waals surface area contributed by atoms with Crippen molar-refractivity contribution in [2.24, 2.45) is 0 Å². The van der Waals surface area contributed by atoms with E-state index in [0.29, 0.717) is 24.6 Å². The predicted octanol–water partition coefficient (Wildman–Crippen LogP) is 3.10. The summed E-state index contributed by atoms with van der Waals surface area (Å²) in [4.78, 5) is 41.2. The highest BCUT2D eigenvalue weighted by Crippen LogP contribution is 2.35. The van der Waals surface area contributed by atoms with Crippen LogP contribution in [-0.2, 0) is 4.74 Å². The molecule has 0 bridgehead atoms. The molecule has 1 aliphatic heterocycles. The summed E-state index contributed by atoms with van der Waals surface area (Å²) < 4.78 is 5.72. The lowest BCUT2D eigenvalue weighted by molar-refractivity contribution is 0.0591. The van der Waals surface area contributed by atoms with Gasteiger partial charge in [0.2, 0.25) is 6.23 Å². The van der Waals surface area contributed by atoms with Crippen LogP contribution in [0.3, 0.4) is 0 Å². The van der Waals surface area contributed by atoms with Crippen LogP contribution in [0.5, 0.6) is 0 Å². The predicted molar refractivity (Wildman–Crippen MR) is 99.2 cm³/mol. The van der Waals surface area contributed by atoms with Crippen molar-refractivity contribution >= 4 is 17.8 Å². The lowest BCUT2D eigenvalue weighted by Gasteiger charge is -2.27. The van der Waals surface area contributed by atoms with E-state index < -0.39 is 12.3 Å². The maximum atomic E-state index is 12.9. The van der Waals surface area contributed by atoms with E-state index in [1.807, 2.05) is 26.8 Å². The molecule has 142 valence electrons. The molecule has 3 heterocycles. The molecule has 0 radical (unpaired) electrons. The lowest BCUT2D eigenvalue weighted by atomic mass is 10.3. The summed E-state index contributed by atoms with van der Waals surface area (Å²) in [6, 6.07) is 3.56. The summed E-state index contributed by atoms with van der Waals surface area (Å²) in [5.41, 5.74) is 1.46. The first kappa shape index (κ1) is 18.8. The van der Waals surface area contributed by atoms with Crippen molar-refractivity contribution in [1.29, 1.82) is 0 Å². The molecule has 8 nitrogen and oxygen atoms in total. The largest absolute Gasteiger partial charge is 0.419 e. The van der Waals surface area contributed by atoms with Gasteiger partial charge in [-0.05, 0) is 31.4 Å². The van der Waals surface area contributed by atoms with E-state index in [9.17, 15) is 9.59 Å². The third-order valence-corrected chi connectivity index (χ3v) is 4.22. The minimum atomic E-state index is -0.986. The van der Waals surface area contributed by atoms with Crippen molar-refractivity contribution in [3.8, 4) is 0 Å². The van der Waals surface area contributed by atoms with E-state index in [2.05, 4.69) is 15.0 Å². The maximum Gasteiger partial charge on any atom is 0.412 e. The average Bonchev–Trinajstić information content (AvgIpc) is 2.95. The van der Waals surface area contributed by atoms with Crippen LogP contribution in [0.2, 0.25) is 0 Å². The fraction of sp³-hybridized carbons (Fsp3) is 0.421. The van der Waals surface area contributed by atoms with Gasteiger partial charge in [0, 0.05) is 31.7 Å². The molecule has 8 heteroatoms. The first-order valence-corrected chi connectivity index (χ1v) is 9.09. The fourth-order valence-electron chi connectivity index (χ4n) is 2.98. The van der Waals surface area contributed by atoms with Crippen molar-refractivity contribution < 1.29 is 14.3 Å². The number of hydrogen-bond acceptors (Lipinski definition) is 6. The summed E-state index contributed by atoms with van der Waals surface area (Å²) in [5, 5.41) is 0. The number of carbonyl (C=O) groups excluding carboxylic acids is 2. The molecule has 0 N–H and O–H groups in total. The van der Waals surface area contributed by atoms with E-state index in [1.54, 1.807) is 17.2 Å². The Hall–Kier alpha value is -3.03. The van der Waals surface area contributed by atoms with Gasteiger partial charge in [0.25, 0.3) is 5.91 Å². The molecule has 1 aliphatic rings. The Bertz CT molecular complexity index is 818. The molecule has 0 fully saturated rings. The third kappa shape index (κ3) is 3.74. The molecular formula is C19H23N5O3. The van der Waals surface area contributed by atoms with Gasteiger partial charge in [0.05, 0.1) is 0 Å². The topological polar surface area (TPSA) is 88.5 Å². The van der Waals surface area contributed by atoms with Crippen LogP contribution in [-0.4, -0.2) is 44.9 Å². The van der Waals surface area contributed by atoms with Gasteiger partial charge in [0.15, 0.2) is 5.69 Å². The Morgan fingerprint density at radius 2 is 1.85 bits per heavy atom. The Balaban J connectivity index is 1.94. The minimum absolute atomic E-state index is 0.176. The number of rotatable bonds is 6. The van der Waals surface area contributed by atoms with Gasteiger partial charge in [0.1, 0.15) is 11.5 Å². The number of ether oxygens (including phenoxy) is 1. The molecule has 3 rings (SSSR count). The summed E-state index contributed by atoms with van der Waals surface area (Å²) in [6.07, 6.45) is 4.76. The normalized spacial score (nSPS) is 15.6. The van der Waals surface area contributed by atoms with Crippen LogP contribution in [0.15, 0.2) is 30.7 Å². The molecule has 0 spiro atoms. The van der Waals surface area contributed by atoms with Crippen LogP contribution in [0, 0.1) is 6.92 Å². The number of carbonyl (C=O) groups is 2. The summed E-state index contributed by atoms with van der Waals surface area (Å²) >= 11 is 0. The van der Waals surface area contributed by atoms with Crippen LogP contribution < -0.4 is 4.90 Å². The zero-order valence-corrected chi connectivity index (χ0v) is 15.8. The second kappa shape index (κ2) is 8.11. The second-order valence-corrected chi connectivity index (χ2v) is 6.38. The monoisotopic (exact) mass is 369 g/mol. The molecular weight excluding hydrogens is 346 g/mol. The van der Waals surface area contributed by atoms with Gasteiger partial charge >= 0.3 is 6.09 Å². The van der Waals surface area contributed by atoms with Crippen molar-refractivity contribution in [3.63, 3.8) is 0 Å². The summed E-state index contributed by atoms with van der Waals surface area (Å²) in [7, 11) is 0. The van der Waals surface area contributed by atoms with E-state index in [0.717, 1.165) is 18.4 Å². The van der Waals surface area contributed by atoms with Gasteiger partial charge in [-0.2, -0.15) is 0 Å². The minimum Gasteiger partial charge on any atom is -0.419 e. The molecule has 2 aromatic heterocycles. The number of nitrogens with zero attached hydrogens (tertiary/aromatic N) is 5. The maximum absolute atomic E-state index is 12.9. The molecule has 1 atom stereocenters. The van der Waals surface area contributed by atoms with Gasteiger partial charge in [-0.3, -0.25) is 9.78 Å². The zero-order valence-electron chi connectivity index (χ0n) is 15.8. The molecule has 1 unspecified atom stereocenters. The number of aromatic nitrogens is 3. The van der Waals surface area contributed by atoms with Crippen LogP contribution in [0.1, 0.15) is 54.7 Å². The smallest absolute Gasteiger partial charge is 0.412 e. The molecule has 27 heavy (non-hydrogen) atoms. The highest BCUT2D eigenvalue weighted by Gasteiger charge is 2.44. The van der Waals surface area contributed by atoms with E-state index >= 15 is 0 Å². The number of hydrogen-bond donors (Lipinski definition) is 0. The summed E-state index contributed by atoms with van der Waals surface area (Å²) in [5.74, 6) is 0.00511. The molecule has 0 saturated heterocycles. The number of aryl methyl sites for hydroxylation is 1. The molecule has 2 aromatic rings.